The van der Waals surface area contributed by atoms with Gasteiger partial charge in [0, 0.05) is 11.8 Å². The van der Waals surface area contributed by atoms with E-state index in [1.807, 2.05) is 66.7 Å². The van der Waals surface area contributed by atoms with E-state index in [1.165, 1.54) is 6.33 Å². The van der Waals surface area contributed by atoms with E-state index in [9.17, 15) is 9.59 Å². The van der Waals surface area contributed by atoms with Crippen LogP contribution in [0, 0.1) is 0 Å². The third-order valence-corrected chi connectivity index (χ3v) is 5.94. The van der Waals surface area contributed by atoms with Gasteiger partial charge in [0.1, 0.15) is 18.1 Å². The largest absolute Gasteiger partial charge is 0.481 e. The van der Waals surface area contributed by atoms with Gasteiger partial charge in [0.05, 0.1) is 11.8 Å². The number of benzene rings is 3. The molecule has 0 aliphatic heterocycles. The van der Waals surface area contributed by atoms with E-state index in [0.29, 0.717) is 22.5 Å². The normalized spacial score (nSPS) is 11.7. The maximum Gasteiger partial charge on any atom is 0.412 e. The number of ether oxygens (including phenoxy) is 1. The quantitative estimate of drug-likeness (QED) is 0.266. The molecule has 1 atom stereocenters. The molecular formula is C29H23N3O5. The molecule has 0 bridgehead atoms. The van der Waals surface area contributed by atoms with Crippen molar-refractivity contribution >= 4 is 28.8 Å². The Kier molecular flexibility index (Phi) is 6.63. The van der Waals surface area contributed by atoms with Crippen LogP contribution in [-0.4, -0.2) is 27.1 Å². The van der Waals surface area contributed by atoms with Crippen LogP contribution in [0.25, 0.3) is 33.6 Å². The third-order valence-electron chi connectivity index (χ3n) is 5.94. The summed E-state index contributed by atoms with van der Waals surface area (Å²) >= 11 is 0. The number of fused-ring (bicyclic) bond motifs is 1. The number of anilines is 1. The highest BCUT2D eigenvalue weighted by Gasteiger charge is 2.21. The summed E-state index contributed by atoms with van der Waals surface area (Å²) in [5.74, 6) is -0.432. The highest BCUT2D eigenvalue weighted by Crippen LogP contribution is 2.38. The van der Waals surface area contributed by atoms with E-state index in [-0.39, 0.29) is 6.42 Å². The van der Waals surface area contributed by atoms with Crippen LogP contribution in [-0.2, 0) is 16.0 Å². The van der Waals surface area contributed by atoms with E-state index in [2.05, 4.69) is 15.3 Å². The van der Waals surface area contributed by atoms with Gasteiger partial charge in [-0.2, -0.15) is 0 Å². The standard InChI is InChI=1S/C29H23N3O5/c1-18(20-5-3-2-4-6-20)36-29(35)32-26-24-16-30-17-31-28(24)37-27(26)23-13-11-22(12-14-23)21-9-7-19(8-10-21)15-25(33)34/h2-14,16-18H,15H2,1H3,(H,32,35)(H,33,34). The number of rotatable bonds is 7. The number of nitrogens with zero attached hydrogens (tertiary/aromatic N) is 2. The number of amides is 1. The molecule has 0 radical (unpaired) electrons. The summed E-state index contributed by atoms with van der Waals surface area (Å²) in [7, 11) is 0. The Morgan fingerprint density at radius 2 is 1.59 bits per heavy atom. The Bertz CT molecular complexity index is 1540. The van der Waals surface area contributed by atoms with Crippen molar-refractivity contribution in [2.24, 2.45) is 0 Å². The van der Waals surface area contributed by atoms with Gasteiger partial charge in [-0.3, -0.25) is 10.1 Å². The number of nitrogens with one attached hydrogen (secondary N) is 1. The number of carbonyl (C=O) groups is 2. The van der Waals surface area contributed by atoms with Crippen molar-refractivity contribution in [3.8, 4) is 22.5 Å². The summed E-state index contributed by atoms with van der Waals surface area (Å²) in [5, 5.41) is 12.3. The molecule has 5 aromatic rings. The fourth-order valence-electron chi connectivity index (χ4n) is 4.06. The Hall–Kier alpha value is -4.98. The molecule has 37 heavy (non-hydrogen) atoms. The fraction of sp³-hybridized carbons (Fsp3) is 0.103. The minimum absolute atomic E-state index is 0.0174. The lowest BCUT2D eigenvalue weighted by atomic mass is 10.0. The second kappa shape index (κ2) is 10.3. The van der Waals surface area contributed by atoms with E-state index in [0.717, 1.165) is 27.8 Å². The zero-order valence-corrected chi connectivity index (χ0v) is 19.9. The Morgan fingerprint density at radius 3 is 2.27 bits per heavy atom. The smallest absolute Gasteiger partial charge is 0.412 e. The van der Waals surface area contributed by atoms with Crippen molar-refractivity contribution in [2.45, 2.75) is 19.4 Å². The van der Waals surface area contributed by atoms with Crippen molar-refractivity contribution in [2.75, 3.05) is 5.32 Å². The average Bonchev–Trinajstić information content (AvgIpc) is 3.27. The fourth-order valence-corrected chi connectivity index (χ4v) is 4.06. The number of furan rings is 1. The van der Waals surface area contributed by atoms with Gasteiger partial charge in [-0.15, -0.1) is 0 Å². The van der Waals surface area contributed by atoms with Crippen molar-refractivity contribution in [3.05, 3.63) is 103 Å². The molecule has 0 aliphatic rings. The molecule has 1 amide bonds. The van der Waals surface area contributed by atoms with Crippen molar-refractivity contribution < 1.29 is 23.8 Å². The lowest BCUT2D eigenvalue weighted by Crippen LogP contribution is -2.16. The summed E-state index contributed by atoms with van der Waals surface area (Å²) in [6, 6.07) is 24.5. The SMILES string of the molecule is CC(OC(=O)Nc1c(-c2ccc(-c3ccc(CC(=O)O)cc3)cc2)oc2ncncc12)c1ccccc1. The highest BCUT2D eigenvalue weighted by molar-refractivity contribution is 6.03. The number of aliphatic carboxylic acids is 1. The monoisotopic (exact) mass is 493 g/mol. The van der Waals surface area contributed by atoms with Crippen LogP contribution < -0.4 is 5.32 Å². The molecule has 5 rings (SSSR count). The topological polar surface area (TPSA) is 115 Å². The first-order valence-corrected chi connectivity index (χ1v) is 11.6. The number of aromatic nitrogens is 2. The lowest BCUT2D eigenvalue weighted by molar-refractivity contribution is -0.136. The molecule has 0 aliphatic carbocycles. The molecule has 8 nitrogen and oxygen atoms in total. The average molecular weight is 494 g/mol. The molecule has 1 unspecified atom stereocenters. The number of carboxylic acid groups (broad SMARTS) is 1. The van der Waals surface area contributed by atoms with E-state index < -0.39 is 18.2 Å². The number of hydrogen-bond donors (Lipinski definition) is 2. The van der Waals surface area contributed by atoms with Crippen LogP contribution in [0.4, 0.5) is 10.5 Å². The maximum atomic E-state index is 12.8. The maximum absolute atomic E-state index is 12.8. The lowest BCUT2D eigenvalue weighted by Gasteiger charge is -2.14. The number of carboxylic acids is 1. The zero-order chi connectivity index (χ0) is 25.8. The van der Waals surface area contributed by atoms with Gasteiger partial charge in [-0.25, -0.2) is 14.8 Å². The van der Waals surface area contributed by atoms with E-state index in [4.69, 9.17) is 14.3 Å². The number of carbonyl (C=O) groups excluding carboxylic acids is 1. The van der Waals surface area contributed by atoms with Crippen molar-refractivity contribution in [1.82, 2.24) is 9.97 Å². The van der Waals surface area contributed by atoms with Gasteiger partial charge in [0.15, 0.2) is 5.76 Å². The second-order valence-corrected chi connectivity index (χ2v) is 8.48. The van der Waals surface area contributed by atoms with Gasteiger partial charge >= 0.3 is 12.1 Å². The third kappa shape index (κ3) is 5.33. The van der Waals surface area contributed by atoms with Crippen LogP contribution in [0.3, 0.4) is 0 Å². The first-order chi connectivity index (χ1) is 18.0. The van der Waals surface area contributed by atoms with Gasteiger partial charge in [0.25, 0.3) is 0 Å². The van der Waals surface area contributed by atoms with Gasteiger partial charge < -0.3 is 14.3 Å². The van der Waals surface area contributed by atoms with Crippen molar-refractivity contribution in [1.29, 1.82) is 0 Å². The predicted octanol–water partition coefficient (Wildman–Crippen LogP) is 6.49. The van der Waals surface area contributed by atoms with Crippen LogP contribution in [0.1, 0.15) is 24.2 Å². The first kappa shape index (κ1) is 23.7. The minimum Gasteiger partial charge on any atom is -0.481 e. The molecule has 8 heteroatoms. The van der Waals surface area contributed by atoms with Crippen LogP contribution in [0.2, 0.25) is 0 Å². The van der Waals surface area contributed by atoms with Gasteiger partial charge in [0.2, 0.25) is 5.71 Å². The minimum atomic E-state index is -0.865. The molecule has 0 spiro atoms. The highest BCUT2D eigenvalue weighted by atomic mass is 16.6. The molecular weight excluding hydrogens is 470 g/mol. The summed E-state index contributed by atoms with van der Waals surface area (Å²) < 4.78 is 11.6. The molecule has 184 valence electrons. The molecule has 2 N–H and O–H groups in total. The molecule has 0 saturated carbocycles. The van der Waals surface area contributed by atoms with Crippen molar-refractivity contribution in [3.63, 3.8) is 0 Å². The summed E-state index contributed by atoms with van der Waals surface area (Å²) in [5.41, 5.74) is 5.02. The molecule has 0 fully saturated rings. The summed E-state index contributed by atoms with van der Waals surface area (Å²) in [4.78, 5) is 32.0. The zero-order valence-electron chi connectivity index (χ0n) is 19.9. The van der Waals surface area contributed by atoms with E-state index >= 15 is 0 Å². The second-order valence-electron chi connectivity index (χ2n) is 8.48. The van der Waals surface area contributed by atoms with Gasteiger partial charge in [-0.1, -0.05) is 78.9 Å². The summed E-state index contributed by atoms with van der Waals surface area (Å²) in [6.45, 7) is 1.80. The summed E-state index contributed by atoms with van der Waals surface area (Å²) in [6.07, 6.45) is 1.88. The Balaban J connectivity index is 1.40. The molecule has 2 heterocycles. The molecule has 2 aromatic heterocycles. The van der Waals surface area contributed by atoms with Crippen LogP contribution in [0.5, 0.6) is 0 Å². The Morgan fingerprint density at radius 1 is 0.946 bits per heavy atom. The van der Waals surface area contributed by atoms with Crippen LogP contribution >= 0.6 is 0 Å². The Labute approximate surface area is 212 Å². The molecule has 0 saturated heterocycles. The predicted molar refractivity (Wildman–Crippen MR) is 139 cm³/mol. The van der Waals surface area contributed by atoms with Crippen LogP contribution in [0.15, 0.2) is 95.8 Å². The first-order valence-electron chi connectivity index (χ1n) is 11.6. The number of hydrogen-bond acceptors (Lipinski definition) is 6. The van der Waals surface area contributed by atoms with E-state index in [1.54, 1.807) is 25.3 Å². The van der Waals surface area contributed by atoms with Gasteiger partial charge in [-0.05, 0) is 29.2 Å². The molecule has 3 aromatic carbocycles.